The average molecular weight is 278 g/mol. The van der Waals surface area contributed by atoms with Gasteiger partial charge in [0.25, 0.3) is 17.1 Å². The number of ether oxygens (including phenoxy) is 1. The molecular formula is C12H10N2O4S. The Kier molecular flexibility index (Phi) is 3.86. The number of amides is 3. The Bertz CT molecular complexity index is 583. The van der Waals surface area contributed by atoms with Crippen molar-refractivity contribution in [2.75, 3.05) is 6.61 Å². The van der Waals surface area contributed by atoms with Gasteiger partial charge in [-0.25, -0.2) is 0 Å². The summed E-state index contributed by atoms with van der Waals surface area (Å²) in [6, 6.07) is 6.84. The Morgan fingerprint density at radius 3 is 2.74 bits per heavy atom. The normalized spacial score (nSPS) is 16.5. The van der Waals surface area contributed by atoms with Gasteiger partial charge in [0.1, 0.15) is 5.75 Å². The van der Waals surface area contributed by atoms with Crippen molar-refractivity contribution in [3.05, 3.63) is 34.7 Å². The standard InChI is InChI=1S/C12H10N2O4S/c13-10(15)6-18-8-4-2-1-3-7(8)5-9-11(16)14-12(17)19-9/h1-5H,6H2,(H2,13,15)(H,14,16,17)/b9-5+. The Morgan fingerprint density at radius 2 is 2.11 bits per heavy atom. The molecule has 0 bridgehead atoms. The molecule has 19 heavy (non-hydrogen) atoms. The largest absolute Gasteiger partial charge is 0.483 e. The summed E-state index contributed by atoms with van der Waals surface area (Å²) in [6.45, 7) is -0.252. The number of carbonyl (C=O) groups excluding carboxylic acids is 3. The zero-order valence-corrected chi connectivity index (χ0v) is 10.5. The minimum atomic E-state index is -0.592. The van der Waals surface area contributed by atoms with Crippen LogP contribution in [0.15, 0.2) is 29.2 Å². The third-order valence-electron chi connectivity index (χ3n) is 2.22. The second-order valence-corrected chi connectivity index (χ2v) is 4.66. The van der Waals surface area contributed by atoms with Gasteiger partial charge < -0.3 is 10.5 Å². The van der Waals surface area contributed by atoms with Gasteiger partial charge >= 0.3 is 0 Å². The molecule has 6 nitrogen and oxygen atoms in total. The quantitative estimate of drug-likeness (QED) is 0.796. The van der Waals surface area contributed by atoms with Crippen molar-refractivity contribution in [2.45, 2.75) is 0 Å². The lowest BCUT2D eigenvalue weighted by atomic mass is 10.2. The molecule has 1 aromatic carbocycles. The highest BCUT2D eigenvalue weighted by atomic mass is 32.2. The molecule has 1 fully saturated rings. The van der Waals surface area contributed by atoms with E-state index >= 15 is 0 Å². The fourth-order valence-corrected chi connectivity index (χ4v) is 2.12. The van der Waals surface area contributed by atoms with Gasteiger partial charge in [-0.05, 0) is 23.9 Å². The molecule has 0 saturated carbocycles. The molecule has 1 saturated heterocycles. The molecule has 98 valence electrons. The van der Waals surface area contributed by atoms with Crippen LogP contribution in [0.1, 0.15) is 5.56 Å². The molecule has 0 aliphatic carbocycles. The summed E-state index contributed by atoms with van der Waals surface area (Å²) >= 11 is 0.816. The number of rotatable bonds is 4. The summed E-state index contributed by atoms with van der Waals surface area (Å²) in [7, 11) is 0. The van der Waals surface area contributed by atoms with E-state index < -0.39 is 17.1 Å². The van der Waals surface area contributed by atoms with Crippen LogP contribution < -0.4 is 15.8 Å². The molecule has 1 aromatic rings. The van der Waals surface area contributed by atoms with E-state index in [1.807, 2.05) is 0 Å². The molecule has 0 atom stereocenters. The Balaban J connectivity index is 2.25. The molecule has 0 unspecified atom stereocenters. The van der Waals surface area contributed by atoms with Gasteiger partial charge in [-0.3, -0.25) is 19.7 Å². The van der Waals surface area contributed by atoms with E-state index in [9.17, 15) is 14.4 Å². The van der Waals surface area contributed by atoms with Crippen LogP contribution in [-0.4, -0.2) is 23.7 Å². The molecule has 0 aromatic heterocycles. The summed E-state index contributed by atoms with van der Waals surface area (Å²) in [6.07, 6.45) is 1.53. The Hall–Kier alpha value is -2.28. The maximum absolute atomic E-state index is 11.4. The molecule has 1 heterocycles. The molecule has 0 radical (unpaired) electrons. The first-order valence-corrected chi connectivity index (χ1v) is 6.13. The maximum Gasteiger partial charge on any atom is 0.290 e. The summed E-state index contributed by atoms with van der Waals surface area (Å²) in [5.74, 6) is -0.619. The Morgan fingerprint density at radius 1 is 1.37 bits per heavy atom. The van der Waals surface area contributed by atoms with Crippen LogP contribution in [0.2, 0.25) is 0 Å². The van der Waals surface area contributed by atoms with Crippen LogP contribution in [0.4, 0.5) is 4.79 Å². The molecule has 2 rings (SSSR count). The lowest BCUT2D eigenvalue weighted by Crippen LogP contribution is -2.20. The number of carbonyl (C=O) groups is 3. The van der Waals surface area contributed by atoms with Gasteiger partial charge in [-0.15, -0.1) is 0 Å². The number of primary amides is 1. The first kappa shape index (κ1) is 13.2. The van der Waals surface area contributed by atoms with Crippen molar-refractivity contribution in [1.82, 2.24) is 5.32 Å². The first-order chi connectivity index (χ1) is 9.06. The van der Waals surface area contributed by atoms with Crippen LogP contribution >= 0.6 is 11.8 Å². The van der Waals surface area contributed by atoms with Crippen LogP contribution in [0.3, 0.4) is 0 Å². The van der Waals surface area contributed by atoms with E-state index in [2.05, 4.69) is 5.32 Å². The number of imide groups is 1. The molecule has 0 spiro atoms. The predicted octanol–water partition coefficient (Wildman–Crippen LogP) is 0.875. The second-order valence-electron chi connectivity index (χ2n) is 3.65. The summed E-state index contributed by atoms with van der Waals surface area (Å²) < 4.78 is 5.23. The van der Waals surface area contributed by atoms with E-state index in [4.69, 9.17) is 10.5 Å². The van der Waals surface area contributed by atoms with Crippen LogP contribution in [0, 0.1) is 0 Å². The predicted molar refractivity (Wildman–Crippen MR) is 70.2 cm³/mol. The van der Waals surface area contributed by atoms with Gasteiger partial charge in [-0.1, -0.05) is 18.2 Å². The highest BCUT2D eigenvalue weighted by Crippen LogP contribution is 2.28. The average Bonchev–Trinajstić information content (AvgIpc) is 2.67. The van der Waals surface area contributed by atoms with Crippen molar-refractivity contribution in [3.63, 3.8) is 0 Å². The SMILES string of the molecule is NC(=O)COc1ccccc1/C=C1/SC(=O)NC1=O. The van der Waals surface area contributed by atoms with E-state index in [-0.39, 0.29) is 11.5 Å². The maximum atomic E-state index is 11.4. The second kappa shape index (κ2) is 5.57. The number of thioether (sulfide) groups is 1. The number of para-hydroxylation sites is 1. The van der Waals surface area contributed by atoms with Gasteiger partial charge in [-0.2, -0.15) is 0 Å². The third-order valence-corrected chi connectivity index (χ3v) is 3.03. The van der Waals surface area contributed by atoms with Crippen molar-refractivity contribution >= 4 is 34.9 Å². The summed E-state index contributed by atoms with van der Waals surface area (Å²) in [4.78, 5) is 33.5. The molecule has 1 aliphatic rings. The van der Waals surface area contributed by atoms with Crippen LogP contribution in [-0.2, 0) is 9.59 Å². The monoisotopic (exact) mass is 278 g/mol. The molecule has 3 N–H and O–H groups in total. The van der Waals surface area contributed by atoms with Crippen molar-refractivity contribution in [2.24, 2.45) is 5.73 Å². The van der Waals surface area contributed by atoms with Crippen molar-refractivity contribution in [3.8, 4) is 5.75 Å². The number of benzene rings is 1. The van der Waals surface area contributed by atoms with E-state index in [0.717, 1.165) is 11.8 Å². The fourth-order valence-electron chi connectivity index (χ4n) is 1.44. The minimum Gasteiger partial charge on any atom is -0.483 e. The van der Waals surface area contributed by atoms with E-state index in [1.54, 1.807) is 24.3 Å². The number of nitrogens with two attached hydrogens (primary N) is 1. The van der Waals surface area contributed by atoms with Gasteiger partial charge in [0.15, 0.2) is 6.61 Å². The molecule has 1 aliphatic heterocycles. The fraction of sp³-hybridized carbons (Fsp3) is 0.0833. The van der Waals surface area contributed by atoms with Gasteiger partial charge in [0.2, 0.25) is 0 Å². The zero-order chi connectivity index (χ0) is 13.8. The minimum absolute atomic E-state index is 0.252. The van der Waals surface area contributed by atoms with E-state index in [1.165, 1.54) is 6.08 Å². The highest BCUT2D eigenvalue weighted by molar-refractivity contribution is 8.18. The van der Waals surface area contributed by atoms with Crippen LogP contribution in [0.5, 0.6) is 5.75 Å². The molecular weight excluding hydrogens is 268 g/mol. The number of nitrogens with one attached hydrogen (secondary N) is 1. The topological polar surface area (TPSA) is 98.5 Å². The first-order valence-electron chi connectivity index (χ1n) is 5.31. The molecule has 7 heteroatoms. The lowest BCUT2D eigenvalue weighted by molar-refractivity contribution is -0.120. The summed E-state index contributed by atoms with van der Waals surface area (Å²) in [5.41, 5.74) is 5.60. The lowest BCUT2D eigenvalue weighted by Gasteiger charge is -2.07. The summed E-state index contributed by atoms with van der Waals surface area (Å²) in [5, 5.41) is 1.75. The van der Waals surface area contributed by atoms with Gasteiger partial charge in [0.05, 0.1) is 4.91 Å². The zero-order valence-electron chi connectivity index (χ0n) is 9.71. The smallest absolute Gasteiger partial charge is 0.290 e. The number of hydrogen-bond acceptors (Lipinski definition) is 5. The highest BCUT2D eigenvalue weighted by Gasteiger charge is 2.25. The van der Waals surface area contributed by atoms with Crippen molar-refractivity contribution in [1.29, 1.82) is 0 Å². The number of hydrogen-bond donors (Lipinski definition) is 2. The van der Waals surface area contributed by atoms with E-state index in [0.29, 0.717) is 11.3 Å². The van der Waals surface area contributed by atoms with Crippen LogP contribution in [0.25, 0.3) is 6.08 Å². The van der Waals surface area contributed by atoms with Crippen molar-refractivity contribution < 1.29 is 19.1 Å². The van der Waals surface area contributed by atoms with Gasteiger partial charge in [0, 0.05) is 5.56 Å². The third kappa shape index (κ3) is 3.35. The Labute approximate surface area is 113 Å². The molecule has 3 amide bonds.